The summed E-state index contributed by atoms with van der Waals surface area (Å²) in [7, 11) is 2.07. The number of ether oxygens (including phenoxy) is 1. The van der Waals surface area contributed by atoms with E-state index in [0.29, 0.717) is 23.7 Å². The van der Waals surface area contributed by atoms with Gasteiger partial charge in [0.2, 0.25) is 0 Å². The van der Waals surface area contributed by atoms with E-state index in [9.17, 15) is 4.79 Å². The van der Waals surface area contributed by atoms with Crippen molar-refractivity contribution in [2.24, 2.45) is 0 Å². The first-order valence-electron chi connectivity index (χ1n) is 7.70. The van der Waals surface area contributed by atoms with Gasteiger partial charge in [-0.3, -0.25) is 9.20 Å². The van der Waals surface area contributed by atoms with Gasteiger partial charge in [0.05, 0.1) is 12.3 Å². The largest absolute Gasteiger partial charge is 0.490 e. The van der Waals surface area contributed by atoms with Crippen molar-refractivity contribution in [1.29, 1.82) is 0 Å². The molecule has 2 aromatic heterocycles. The van der Waals surface area contributed by atoms with E-state index in [1.807, 2.05) is 36.6 Å². The first-order valence-corrected chi connectivity index (χ1v) is 7.70. The Hall–Kier alpha value is -2.08. The Bertz CT molecular complexity index is 695. The Balaban J connectivity index is 1.91. The van der Waals surface area contributed by atoms with Crippen LogP contribution in [0.1, 0.15) is 29.5 Å². The van der Waals surface area contributed by atoms with Gasteiger partial charge in [0.1, 0.15) is 5.69 Å². The molecule has 1 aliphatic heterocycles. The lowest BCUT2D eigenvalue weighted by Gasteiger charge is -2.13. The Labute approximate surface area is 130 Å². The van der Waals surface area contributed by atoms with Crippen LogP contribution in [-0.2, 0) is 0 Å². The van der Waals surface area contributed by atoms with E-state index in [4.69, 9.17) is 4.74 Å². The van der Waals surface area contributed by atoms with Crippen LogP contribution in [-0.4, -0.2) is 53.0 Å². The summed E-state index contributed by atoms with van der Waals surface area (Å²) in [5.74, 6) is 0.631. The third-order valence-electron chi connectivity index (χ3n) is 4.03. The number of hydrogen-bond donors (Lipinski definition) is 1. The maximum absolute atomic E-state index is 12.6. The molecule has 118 valence electrons. The molecular formula is C16H22N4O2. The van der Waals surface area contributed by atoms with Gasteiger partial charge in [-0.2, -0.15) is 0 Å². The lowest BCUT2D eigenvalue weighted by molar-refractivity contribution is 0.0932. The van der Waals surface area contributed by atoms with Crippen molar-refractivity contribution in [3.05, 3.63) is 29.7 Å². The molecule has 1 saturated heterocycles. The number of aryl methyl sites for hydroxylation is 1. The molecule has 1 atom stereocenters. The summed E-state index contributed by atoms with van der Waals surface area (Å²) in [6.45, 7) is 6.28. The molecule has 0 unspecified atom stereocenters. The van der Waals surface area contributed by atoms with Gasteiger partial charge in [0, 0.05) is 18.8 Å². The Morgan fingerprint density at radius 1 is 1.55 bits per heavy atom. The average Bonchev–Trinajstić information content (AvgIpc) is 3.02. The van der Waals surface area contributed by atoms with Gasteiger partial charge >= 0.3 is 0 Å². The number of carbonyl (C=O) groups is 1. The number of fused-ring (bicyclic) bond motifs is 1. The Morgan fingerprint density at radius 2 is 2.36 bits per heavy atom. The lowest BCUT2D eigenvalue weighted by Crippen LogP contribution is -2.37. The van der Waals surface area contributed by atoms with Gasteiger partial charge in [-0.25, -0.2) is 4.98 Å². The number of likely N-dealkylation sites (tertiary alicyclic amines) is 1. The zero-order valence-electron chi connectivity index (χ0n) is 13.3. The van der Waals surface area contributed by atoms with Crippen LogP contribution in [0.4, 0.5) is 0 Å². The van der Waals surface area contributed by atoms with Crippen LogP contribution in [0.3, 0.4) is 0 Å². The molecule has 0 aliphatic carbocycles. The zero-order chi connectivity index (χ0) is 15.7. The molecular weight excluding hydrogens is 280 g/mol. The quantitative estimate of drug-likeness (QED) is 0.929. The summed E-state index contributed by atoms with van der Waals surface area (Å²) >= 11 is 0. The van der Waals surface area contributed by atoms with E-state index in [1.54, 1.807) is 0 Å². The van der Waals surface area contributed by atoms with E-state index in [0.717, 1.165) is 25.2 Å². The molecule has 1 aliphatic rings. The smallest absolute Gasteiger partial charge is 0.270 e. The van der Waals surface area contributed by atoms with Gasteiger partial charge in [0.15, 0.2) is 11.4 Å². The molecule has 0 bridgehead atoms. The number of rotatable bonds is 4. The molecule has 0 saturated carbocycles. The minimum Gasteiger partial charge on any atom is -0.490 e. The highest BCUT2D eigenvalue weighted by Gasteiger charge is 2.24. The van der Waals surface area contributed by atoms with Crippen LogP contribution in [0, 0.1) is 6.92 Å². The van der Waals surface area contributed by atoms with Gasteiger partial charge in [-0.05, 0) is 46.0 Å². The highest BCUT2D eigenvalue weighted by Crippen LogP contribution is 2.22. The SMILES string of the molecule is CCOc1cccn2c(C(=O)N[C@H]3CCN(C)C3)c(C)nc12. The second-order valence-electron chi connectivity index (χ2n) is 5.77. The van der Waals surface area contributed by atoms with Crippen LogP contribution in [0.2, 0.25) is 0 Å². The number of amides is 1. The normalized spacial score (nSPS) is 18.8. The number of pyridine rings is 1. The number of nitrogens with zero attached hydrogens (tertiary/aromatic N) is 3. The monoisotopic (exact) mass is 302 g/mol. The van der Waals surface area contributed by atoms with Crippen molar-refractivity contribution in [3.63, 3.8) is 0 Å². The summed E-state index contributed by atoms with van der Waals surface area (Å²) in [5.41, 5.74) is 2.00. The van der Waals surface area contributed by atoms with Gasteiger partial charge in [-0.15, -0.1) is 0 Å². The topological polar surface area (TPSA) is 58.9 Å². The van der Waals surface area contributed by atoms with Crippen molar-refractivity contribution < 1.29 is 9.53 Å². The summed E-state index contributed by atoms with van der Waals surface area (Å²) < 4.78 is 7.41. The fourth-order valence-corrected chi connectivity index (χ4v) is 3.00. The molecule has 1 N–H and O–H groups in total. The molecule has 22 heavy (non-hydrogen) atoms. The number of likely N-dealkylation sites (N-methyl/N-ethyl adjacent to an activating group) is 1. The van der Waals surface area contributed by atoms with Crippen molar-refractivity contribution >= 4 is 11.6 Å². The van der Waals surface area contributed by atoms with E-state index in [2.05, 4.69) is 22.2 Å². The van der Waals surface area contributed by atoms with Crippen LogP contribution in [0.5, 0.6) is 5.75 Å². The summed E-state index contributed by atoms with van der Waals surface area (Å²) in [6.07, 6.45) is 2.84. The van der Waals surface area contributed by atoms with Crippen molar-refractivity contribution in [3.8, 4) is 5.75 Å². The van der Waals surface area contributed by atoms with Crippen LogP contribution in [0.25, 0.3) is 5.65 Å². The fourth-order valence-electron chi connectivity index (χ4n) is 3.00. The van der Waals surface area contributed by atoms with Crippen LogP contribution in [0.15, 0.2) is 18.3 Å². The number of imidazole rings is 1. The zero-order valence-corrected chi connectivity index (χ0v) is 13.3. The average molecular weight is 302 g/mol. The van der Waals surface area contributed by atoms with Crippen LogP contribution < -0.4 is 10.1 Å². The van der Waals surface area contributed by atoms with E-state index in [-0.39, 0.29) is 11.9 Å². The molecule has 3 rings (SSSR count). The fraction of sp³-hybridized carbons (Fsp3) is 0.500. The predicted molar refractivity (Wildman–Crippen MR) is 84.5 cm³/mol. The second kappa shape index (κ2) is 5.96. The standard InChI is InChI=1S/C16H22N4O2/c1-4-22-13-6-5-8-20-14(11(2)17-15(13)20)16(21)18-12-7-9-19(3)10-12/h5-6,8,12H,4,7,9-10H2,1-3H3,(H,18,21)/t12-/m0/s1. The predicted octanol–water partition coefficient (Wildman–Crippen LogP) is 1.48. The van der Waals surface area contributed by atoms with E-state index >= 15 is 0 Å². The summed E-state index contributed by atoms with van der Waals surface area (Å²) in [6, 6.07) is 3.95. The minimum absolute atomic E-state index is 0.0704. The highest BCUT2D eigenvalue weighted by atomic mass is 16.5. The molecule has 2 aromatic rings. The molecule has 6 heteroatoms. The van der Waals surface area contributed by atoms with Gasteiger partial charge in [-0.1, -0.05) is 0 Å². The van der Waals surface area contributed by atoms with E-state index < -0.39 is 0 Å². The molecule has 0 radical (unpaired) electrons. The summed E-state index contributed by atoms with van der Waals surface area (Å²) in [5, 5.41) is 3.11. The number of hydrogen-bond acceptors (Lipinski definition) is 4. The minimum atomic E-state index is -0.0704. The van der Waals surface area contributed by atoms with Crippen molar-refractivity contribution in [2.45, 2.75) is 26.3 Å². The Kier molecular flexibility index (Phi) is 4.02. The Morgan fingerprint density at radius 3 is 3.05 bits per heavy atom. The molecule has 0 spiro atoms. The maximum Gasteiger partial charge on any atom is 0.270 e. The molecule has 6 nitrogen and oxygen atoms in total. The maximum atomic E-state index is 12.6. The second-order valence-corrected chi connectivity index (χ2v) is 5.77. The highest BCUT2D eigenvalue weighted by molar-refractivity contribution is 5.95. The molecule has 1 amide bonds. The van der Waals surface area contributed by atoms with Crippen LogP contribution >= 0.6 is 0 Å². The molecule has 0 aromatic carbocycles. The van der Waals surface area contributed by atoms with Crippen molar-refractivity contribution in [1.82, 2.24) is 19.6 Å². The van der Waals surface area contributed by atoms with Gasteiger partial charge < -0.3 is 15.0 Å². The van der Waals surface area contributed by atoms with Gasteiger partial charge in [0.25, 0.3) is 5.91 Å². The third kappa shape index (κ3) is 2.66. The first kappa shape index (κ1) is 14.8. The number of aromatic nitrogens is 2. The molecule has 3 heterocycles. The van der Waals surface area contributed by atoms with E-state index in [1.165, 1.54) is 0 Å². The number of nitrogens with one attached hydrogen (secondary N) is 1. The lowest BCUT2D eigenvalue weighted by atomic mass is 10.2. The van der Waals surface area contributed by atoms with Crippen molar-refractivity contribution in [2.75, 3.05) is 26.7 Å². The molecule has 1 fully saturated rings. The summed E-state index contributed by atoms with van der Waals surface area (Å²) in [4.78, 5) is 19.4. The third-order valence-corrected chi connectivity index (χ3v) is 4.03. The number of carbonyl (C=O) groups excluding carboxylic acids is 1. The first-order chi connectivity index (χ1) is 10.6.